The number of benzene rings is 1. The molecule has 0 fully saturated rings. The van der Waals surface area contributed by atoms with Gasteiger partial charge in [-0.2, -0.15) is 0 Å². The number of methoxy groups -OCH3 is 1. The molecule has 0 saturated carbocycles. The summed E-state index contributed by atoms with van der Waals surface area (Å²) in [5.74, 6) is 0.587. The molecule has 0 spiro atoms. The van der Waals surface area contributed by atoms with Gasteiger partial charge in [0.1, 0.15) is 5.75 Å². The van der Waals surface area contributed by atoms with Crippen molar-refractivity contribution in [1.82, 2.24) is 5.32 Å². The molecule has 0 aliphatic rings. The van der Waals surface area contributed by atoms with Gasteiger partial charge < -0.3 is 15.8 Å². The fourth-order valence-corrected chi connectivity index (χ4v) is 1.33. The minimum Gasteiger partial charge on any atom is -0.496 e. The Balaban J connectivity index is 2.84. The van der Waals surface area contributed by atoms with Crippen LogP contribution in [0.15, 0.2) is 18.2 Å². The third-order valence-corrected chi connectivity index (χ3v) is 2.40. The number of hydrogen-bond donors (Lipinski definition) is 2. The average molecular weight is 222 g/mol. The summed E-state index contributed by atoms with van der Waals surface area (Å²) < 4.78 is 5.16. The number of aryl methyl sites for hydroxylation is 1. The lowest BCUT2D eigenvalue weighted by Gasteiger charge is -2.12. The third-order valence-electron chi connectivity index (χ3n) is 2.40. The van der Waals surface area contributed by atoms with Gasteiger partial charge in [0, 0.05) is 18.2 Å². The summed E-state index contributed by atoms with van der Waals surface area (Å²) in [6.45, 7) is 4.22. The zero-order valence-corrected chi connectivity index (χ0v) is 9.91. The normalized spacial score (nSPS) is 12.0. The number of nitrogens with two attached hydrogens (primary N) is 1. The van der Waals surface area contributed by atoms with Gasteiger partial charge >= 0.3 is 0 Å². The molecule has 0 heterocycles. The van der Waals surface area contributed by atoms with Gasteiger partial charge in [-0.1, -0.05) is 6.07 Å². The van der Waals surface area contributed by atoms with Crippen LogP contribution in [0.5, 0.6) is 5.75 Å². The Kier molecular flexibility index (Phi) is 4.31. The summed E-state index contributed by atoms with van der Waals surface area (Å²) in [5, 5.41) is 2.80. The molecule has 0 bridgehead atoms. The van der Waals surface area contributed by atoms with Crippen LogP contribution in [0.25, 0.3) is 0 Å². The second-order valence-electron chi connectivity index (χ2n) is 3.79. The lowest BCUT2D eigenvalue weighted by molar-refractivity contribution is 0.0941. The Hall–Kier alpha value is -1.55. The standard InChI is InChI=1S/C12H18N2O2/c1-8-4-5-10(6-11(8)16-3)12(15)14-9(2)7-13/h4-6,9H,7,13H2,1-3H3,(H,14,15). The number of carbonyl (C=O) groups excluding carboxylic acids is 1. The average Bonchev–Trinajstić information content (AvgIpc) is 2.29. The quantitative estimate of drug-likeness (QED) is 0.801. The maximum atomic E-state index is 11.8. The molecule has 0 aliphatic heterocycles. The number of ether oxygens (including phenoxy) is 1. The first-order chi connectivity index (χ1) is 7.58. The Morgan fingerprint density at radius 1 is 1.56 bits per heavy atom. The van der Waals surface area contributed by atoms with Crippen LogP contribution in [-0.2, 0) is 0 Å². The van der Waals surface area contributed by atoms with Gasteiger partial charge in [0.05, 0.1) is 7.11 Å². The highest BCUT2D eigenvalue weighted by molar-refractivity contribution is 5.94. The second-order valence-corrected chi connectivity index (χ2v) is 3.79. The summed E-state index contributed by atoms with van der Waals surface area (Å²) in [6.07, 6.45) is 0. The number of rotatable bonds is 4. The topological polar surface area (TPSA) is 64.3 Å². The molecule has 1 aromatic rings. The fraction of sp³-hybridized carbons (Fsp3) is 0.417. The van der Waals surface area contributed by atoms with Gasteiger partial charge in [-0.15, -0.1) is 0 Å². The predicted molar refractivity (Wildman–Crippen MR) is 63.7 cm³/mol. The van der Waals surface area contributed by atoms with Crippen molar-refractivity contribution in [2.24, 2.45) is 5.73 Å². The van der Waals surface area contributed by atoms with Gasteiger partial charge in [0.25, 0.3) is 5.91 Å². The molecule has 1 amide bonds. The molecule has 1 rings (SSSR count). The molecule has 16 heavy (non-hydrogen) atoms. The number of amides is 1. The van der Waals surface area contributed by atoms with Crippen LogP contribution in [0.4, 0.5) is 0 Å². The highest BCUT2D eigenvalue weighted by atomic mass is 16.5. The lowest BCUT2D eigenvalue weighted by atomic mass is 10.1. The lowest BCUT2D eigenvalue weighted by Crippen LogP contribution is -2.37. The molecule has 0 aliphatic carbocycles. The summed E-state index contributed by atoms with van der Waals surface area (Å²) in [5.41, 5.74) is 7.03. The van der Waals surface area contributed by atoms with Crippen LogP contribution < -0.4 is 15.8 Å². The first-order valence-electron chi connectivity index (χ1n) is 5.24. The van der Waals surface area contributed by atoms with Gasteiger partial charge in [-0.3, -0.25) is 4.79 Å². The van der Waals surface area contributed by atoms with E-state index in [-0.39, 0.29) is 11.9 Å². The monoisotopic (exact) mass is 222 g/mol. The van der Waals surface area contributed by atoms with E-state index in [1.807, 2.05) is 19.9 Å². The molecule has 0 saturated heterocycles. The zero-order valence-electron chi connectivity index (χ0n) is 9.91. The Morgan fingerprint density at radius 2 is 2.25 bits per heavy atom. The molecule has 88 valence electrons. The molecule has 0 aromatic heterocycles. The van der Waals surface area contributed by atoms with Crippen LogP contribution in [0.2, 0.25) is 0 Å². The van der Waals surface area contributed by atoms with Crippen molar-refractivity contribution in [2.45, 2.75) is 19.9 Å². The van der Waals surface area contributed by atoms with Crippen molar-refractivity contribution in [3.8, 4) is 5.75 Å². The van der Waals surface area contributed by atoms with Gasteiger partial charge in [-0.25, -0.2) is 0 Å². The second kappa shape index (κ2) is 5.51. The van der Waals surface area contributed by atoms with Crippen LogP contribution in [0.3, 0.4) is 0 Å². The summed E-state index contributed by atoms with van der Waals surface area (Å²) >= 11 is 0. The van der Waals surface area contributed by atoms with Crippen molar-refractivity contribution < 1.29 is 9.53 Å². The SMILES string of the molecule is COc1cc(C(=O)NC(C)CN)ccc1C. The minimum absolute atomic E-state index is 0.0280. The molecular weight excluding hydrogens is 204 g/mol. The van der Waals surface area contributed by atoms with Crippen molar-refractivity contribution in [1.29, 1.82) is 0 Å². The van der Waals surface area contributed by atoms with E-state index in [1.54, 1.807) is 19.2 Å². The largest absolute Gasteiger partial charge is 0.496 e. The van der Waals surface area contributed by atoms with E-state index in [1.165, 1.54) is 0 Å². The third kappa shape index (κ3) is 2.97. The molecular formula is C12H18N2O2. The predicted octanol–water partition coefficient (Wildman–Crippen LogP) is 1.08. The van der Waals surface area contributed by atoms with Crippen LogP contribution in [0, 0.1) is 6.92 Å². The van der Waals surface area contributed by atoms with Crippen molar-refractivity contribution in [2.75, 3.05) is 13.7 Å². The van der Waals surface area contributed by atoms with E-state index in [4.69, 9.17) is 10.5 Å². The highest BCUT2D eigenvalue weighted by Crippen LogP contribution is 2.18. The molecule has 0 radical (unpaired) electrons. The van der Waals surface area contributed by atoms with Crippen molar-refractivity contribution in [3.05, 3.63) is 29.3 Å². The maximum Gasteiger partial charge on any atom is 0.251 e. The van der Waals surface area contributed by atoms with Gasteiger partial charge in [0.2, 0.25) is 0 Å². The summed E-state index contributed by atoms with van der Waals surface area (Å²) in [7, 11) is 1.59. The molecule has 4 heteroatoms. The zero-order chi connectivity index (χ0) is 12.1. The van der Waals surface area contributed by atoms with Crippen molar-refractivity contribution >= 4 is 5.91 Å². The molecule has 1 atom stereocenters. The van der Waals surface area contributed by atoms with Crippen LogP contribution in [0.1, 0.15) is 22.8 Å². The molecule has 1 unspecified atom stereocenters. The van der Waals surface area contributed by atoms with Crippen LogP contribution in [-0.4, -0.2) is 25.6 Å². The van der Waals surface area contributed by atoms with E-state index >= 15 is 0 Å². The number of nitrogens with one attached hydrogen (secondary N) is 1. The van der Waals surface area contributed by atoms with E-state index in [9.17, 15) is 4.79 Å². The molecule has 4 nitrogen and oxygen atoms in total. The smallest absolute Gasteiger partial charge is 0.251 e. The van der Waals surface area contributed by atoms with E-state index in [2.05, 4.69) is 5.32 Å². The maximum absolute atomic E-state index is 11.8. The van der Waals surface area contributed by atoms with E-state index < -0.39 is 0 Å². The van der Waals surface area contributed by atoms with Crippen LogP contribution >= 0.6 is 0 Å². The molecule has 3 N–H and O–H groups in total. The Morgan fingerprint density at radius 3 is 2.81 bits per heavy atom. The minimum atomic E-state index is -0.128. The molecule has 1 aromatic carbocycles. The first kappa shape index (κ1) is 12.5. The van der Waals surface area contributed by atoms with Gasteiger partial charge in [-0.05, 0) is 31.5 Å². The fourth-order valence-electron chi connectivity index (χ4n) is 1.33. The summed E-state index contributed by atoms with van der Waals surface area (Å²) in [6, 6.07) is 5.34. The van der Waals surface area contributed by atoms with Crippen molar-refractivity contribution in [3.63, 3.8) is 0 Å². The number of carbonyl (C=O) groups is 1. The van der Waals surface area contributed by atoms with E-state index in [0.29, 0.717) is 17.9 Å². The van der Waals surface area contributed by atoms with Gasteiger partial charge in [0.15, 0.2) is 0 Å². The van der Waals surface area contributed by atoms with E-state index in [0.717, 1.165) is 5.56 Å². The Bertz CT molecular complexity index is 377. The number of hydrogen-bond acceptors (Lipinski definition) is 3. The first-order valence-corrected chi connectivity index (χ1v) is 5.24. The highest BCUT2D eigenvalue weighted by Gasteiger charge is 2.10. The Labute approximate surface area is 95.8 Å². The summed E-state index contributed by atoms with van der Waals surface area (Å²) in [4.78, 5) is 11.8.